The third-order valence-electron chi connectivity index (χ3n) is 7.08. The number of nitrogens with zero attached hydrogens (tertiary/aromatic N) is 3. The van der Waals surface area contributed by atoms with E-state index in [4.69, 9.17) is 10.5 Å². The predicted molar refractivity (Wildman–Crippen MR) is 128 cm³/mol. The van der Waals surface area contributed by atoms with Crippen molar-refractivity contribution in [2.75, 3.05) is 39.8 Å². The first-order valence-electron chi connectivity index (χ1n) is 11.7. The second-order valence-corrected chi connectivity index (χ2v) is 9.32. The van der Waals surface area contributed by atoms with Crippen molar-refractivity contribution in [3.8, 4) is 0 Å². The molecule has 3 aliphatic rings. The van der Waals surface area contributed by atoms with Crippen molar-refractivity contribution in [2.45, 2.75) is 88.8 Å². The molecular formula is C22H42Cl2N4O3. The first-order chi connectivity index (χ1) is 13.9. The average Bonchev–Trinajstić information content (AvgIpc) is 3.03. The predicted octanol–water partition coefficient (Wildman–Crippen LogP) is 3.43. The summed E-state index contributed by atoms with van der Waals surface area (Å²) in [5, 5.41) is 0. The highest BCUT2D eigenvalue weighted by Gasteiger charge is 2.47. The lowest BCUT2D eigenvalue weighted by Gasteiger charge is -2.38. The standard InChI is InChI=1S/C22H40N4O3.2ClH/c1-3-8-19(23)20(27)25-15-11-22(12-16-25)17-26(21(28)29-22)14-7-13-24(2)18-9-5-4-6-10-18;;/h18-19H,3-17,23H2,1-2H3;2*1H/t19-;;/m0../s1. The summed E-state index contributed by atoms with van der Waals surface area (Å²) >= 11 is 0. The van der Waals surface area contributed by atoms with E-state index in [1.165, 1.54) is 32.1 Å². The molecule has 3 fully saturated rings. The van der Waals surface area contributed by atoms with Gasteiger partial charge in [0, 0.05) is 38.5 Å². The minimum absolute atomic E-state index is 0. The van der Waals surface area contributed by atoms with Crippen LogP contribution in [0.4, 0.5) is 4.79 Å². The number of nitrogens with two attached hydrogens (primary N) is 1. The van der Waals surface area contributed by atoms with Crippen LogP contribution in [0, 0.1) is 0 Å². The summed E-state index contributed by atoms with van der Waals surface area (Å²) in [7, 11) is 2.22. The number of likely N-dealkylation sites (tertiary alicyclic amines) is 1. The molecule has 9 heteroatoms. The molecule has 31 heavy (non-hydrogen) atoms. The first kappa shape index (κ1) is 28.3. The Hall–Kier alpha value is -0.760. The minimum atomic E-state index is -0.419. The van der Waals surface area contributed by atoms with Crippen LogP contribution in [-0.2, 0) is 9.53 Å². The van der Waals surface area contributed by atoms with E-state index in [0.717, 1.165) is 32.4 Å². The summed E-state index contributed by atoms with van der Waals surface area (Å²) in [5.74, 6) is 0.0358. The zero-order chi connectivity index (χ0) is 20.9. The van der Waals surface area contributed by atoms with E-state index < -0.39 is 11.6 Å². The SMILES string of the molecule is CCC[C@H](N)C(=O)N1CCC2(CC1)CN(CCCN(C)C1CCCCC1)C(=O)O2.Cl.Cl. The van der Waals surface area contributed by atoms with Crippen molar-refractivity contribution in [3.05, 3.63) is 0 Å². The van der Waals surface area contributed by atoms with Crippen LogP contribution < -0.4 is 5.73 Å². The average molecular weight is 482 g/mol. The van der Waals surface area contributed by atoms with Crippen LogP contribution in [0.3, 0.4) is 0 Å². The molecule has 1 aliphatic carbocycles. The summed E-state index contributed by atoms with van der Waals surface area (Å²) in [4.78, 5) is 31.0. The Morgan fingerprint density at radius 2 is 1.87 bits per heavy atom. The molecule has 1 atom stereocenters. The van der Waals surface area contributed by atoms with Crippen LogP contribution in [0.25, 0.3) is 0 Å². The summed E-state index contributed by atoms with van der Waals surface area (Å²) < 4.78 is 5.82. The molecular weight excluding hydrogens is 439 g/mol. The Morgan fingerprint density at radius 1 is 1.23 bits per heavy atom. The van der Waals surface area contributed by atoms with Gasteiger partial charge >= 0.3 is 6.09 Å². The zero-order valence-electron chi connectivity index (χ0n) is 19.2. The lowest BCUT2D eigenvalue weighted by molar-refractivity contribution is -0.136. The van der Waals surface area contributed by atoms with E-state index in [0.29, 0.717) is 38.5 Å². The second-order valence-electron chi connectivity index (χ2n) is 9.32. The van der Waals surface area contributed by atoms with Crippen molar-refractivity contribution >= 4 is 36.8 Å². The highest BCUT2D eigenvalue weighted by atomic mass is 35.5. The Morgan fingerprint density at radius 3 is 2.48 bits per heavy atom. The van der Waals surface area contributed by atoms with Gasteiger partial charge in [-0.05, 0) is 39.3 Å². The maximum atomic E-state index is 12.4. The van der Waals surface area contributed by atoms with E-state index in [-0.39, 0.29) is 36.8 Å². The fourth-order valence-electron chi connectivity index (χ4n) is 5.14. The number of piperidine rings is 1. The molecule has 0 aromatic carbocycles. The number of hydrogen-bond donors (Lipinski definition) is 1. The van der Waals surface area contributed by atoms with Crippen molar-refractivity contribution < 1.29 is 14.3 Å². The van der Waals surface area contributed by atoms with Crippen LogP contribution in [0.2, 0.25) is 0 Å². The lowest BCUT2D eigenvalue weighted by Crippen LogP contribution is -2.52. The number of carbonyl (C=O) groups is 2. The molecule has 2 amide bonds. The third-order valence-corrected chi connectivity index (χ3v) is 7.08. The van der Waals surface area contributed by atoms with Gasteiger partial charge < -0.3 is 25.2 Å². The highest BCUT2D eigenvalue weighted by molar-refractivity contribution is 5.85. The van der Waals surface area contributed by atoms with Crippen molar-refractivity contribution in [3.63, 3.8) is 0 Å². The van der Waals surface area contributed by atoms with Crippen LogP contribution in [0.1, 0.15) is 71.1 Å². The maximum absolute atomic E-state index is 12.4. The monoisotopic (exact) mass is 480 g/mol. The maximum Gasteiger partial charge on any atom is 0.410 e. The van der Waals surface area contributed by atoms with E-state index in [1.54, 1.807) is 0 Å². The van der Waals surface area contributed by atoms with E-state index in [2.05, 4.69) is 11.9 Å². The van der Waals surface area contributed by atoms with Gasteiger partial charge in [0.05, 0.1) is 12.6 Å². The summed E-state index contributed by atoms with van der Waals surface area (Å²) in [5.41, 5.74) is 5.57. The van der Waals surface area contributed by atoms with Crippen LogP contribution in [0.15, 0.2) is 0 Å². The van der Waals surface area contributed by atoms with E-state index in [9.17, 15) is 9.59 Å². The molecule has 182 valence electrons. The van der Waals surface area contributed by atoms with Crippen LogP contribution in [-0.4, -0.2) is 84.2 Å². The number of halogens is 2. The third kappa shape index (κ3) is 7.37. The van der Waals surface area contributed by atoms with Gasteiger partial charge in [0.25, 0.3) is 0 Å². The highest BCUT2D eigenvalue weighted by Crippen LogP contribution is 2.33. The van der Waals surface area contributed by atoms with Gasteiger partial charge in [-0.15, -0.1) is 24.8 Å². The molecule has 7 nitrogen and oxygen atoms in total. The quantitative estimate of drug-likeness (QED) is 0.575. The first-order valence-corrected chi connectivity index (χ1v) is 11.7. The topological polar surface area (TPSA) is 79.1 Å². The minimum Gasteiger partial charge on any atom is -0.441 e. The molecule has 0 unspecified atom stereocenters. The van der Waals surface area contributed by atoms with Gasteiger partial charge in [0.2, 0.25) is 5.91 Å². The largest absolute Gasteiger partial charge is 0.441 e. The number of rotatable bonds is 8. The van der Waals surface area contributed by atoms with Crippen molar-refractivity contribution in [1.82, 2.24) is 14.7 Å². The molecule has 0 radical (unpaired) electrons. The molecule has 2 heterocycles. The Labute approximate surface area is 200 Å². The summed E-state index contributed by atoms with van der Waals surface area (Å²) in [6.07, 6.45) is 10.5. The van der Waals surface area contributed by atoms with Crippen LogP contribution >= 0.6 is 24.8 Å². The summed E-state index contributed by atoms with van der Waals surface area (Å²) in [6, 6.07) is 0.305. The zero-order valence-corrected chi connectivity index (χ0v) is 20.9. The number of carbonyl (C=O) groups excluding carboxylic acids is 2. The van der Waals surface area contributed by atoms with Gasteiger partial charge in [-0.1, -0.05) is 32.6 Å². The van der Waals surface area contributed by atoms with Crippen LogP contribution in [0.5, 0.6) is 0 Å². The molecule has 1 spiro atoms. The Kier molecular flexibility index (Phi) is 11.9. The van der Waals surface area contributed by atoms with Gasteiger partial charge in [-0.3, -0.25) is 4.79 Å². The molecule has 0 aromatic heterocycles. The summed E-state index contributed by atoms with van der Waals surface area (Å²) in [6.45, 7) is 5.73. The fourth-order valence-corrected chi connectivity index (χ4v) is 5.14. The van der Waals surface area contributed by atoms with Crippen molar-refractivity contribution in [2.24, 2.45) is 5.73 Å². The number of hydrogen-bond acceptors (Lipinski definition) is 5. The molecule has 1 saturated carbocycles. The number of amides is 2. The van der Waals surface area contributed by atoms with E-state index >= 15 is 0 Å². The molecule has 0 aromatic rings. The second kappa shape index (κ2) is 13.1. The van der Waals surface area contributed by atoms with Crippen molar-refractivity contribution in [1.29, 1.82) is 0 Å². The fraction of sp³-hybridized carbons (Fsp3) is 0.909. The Bertz CT molecular complexity index is 567. The molecule has 0 bridgehead atoms. The number of ether oxygens (including phenoxy) is 1. The lowest BCUT2D eigenvalue weighted by atomic mass is 9.91. The smallest absolute Gasteiger partial charge is 0.410 e. The van der Waals surface area contributed by atoms with Gasteiger partial charge in [0.1, 0.15) is 5.60 Å². The van der Waals surface area contributed by atoms with E-state index in [1.807, 2.05) is 16.7 Å². The van der Waals surface area contributed by atoms with Gasteiger partial charge in [0.15, 0.2) is 0 Å². The normalized spacial score (nSPS) is 22.1. The van der Waals surface area contributed by atoms with Gasteiger partial charge in [-0.2, -0.15) is 0 Å². The molecule has 3 rings (SSSR count). The Balaban J connectivity index is 0.00000240. The molecule has 2 aliphatic heterocycles. The molecule has 2 N–H and O–H groups in total. The molecule has 2 saturated heterocycles. The van der Waals surface area contributed by atoms with Gasteiger partial charge in [-0.25, -0.2) is 4.79 Å².